The van der Waals surface area contributed by atoms with E-state index < -0.39 is 0 Å². The van der Waals surface area contributed by atoms with Crippen molar-refractivity contribution < 1.29 is 5.11 Å². The van der Waals surface area contributed by atoms with Crippen LogP contribution in [0.5, 0.6) is 0 Å². The van der Waals surface area contributed by atoms with Crippen molar-refractivity contribution in [2.24, 2.45) is 5.92 Å². The van der Waals surface area contributed by atoms with Crippen molar-refractivity contribution in [1.29, 1.82) is 0 Å². The van der Waals surface area contributed by atoms with Gasteiger partial charge in [0, 0.05) is 38.8 Å². The molecule has 1 saturated carbocycles. The van der Waals surface area contributed by atoms with Gasteiger partial charge in [0.1, 0.15) is 0 Å². The van der Waals surface area contributed by atoms with Crippen LogP contribution >= 0.6 is 0 Å². The summed E-state index contributed by atoms with van der Waals surface area (Å²) in [4.78, 5) is 4.93. The molecular weight excluding hydrogens is 188 g/mol. The summed E-state index contributed by atoms with van der Waals surface area (Å²) in [5, 5.41) is 9.86. The zero-order valence-electron chi connectivity index (χ0n) is 10.0. The van der Waals surface area contributed by atoms with Gasteiger partial charge >= 0.3 is 0 Å². The van der Waals surface area contributed by atoms with Gasteiger partial charge in [-0.15, -0.1) is 0 Å². The largest absolute Gasteiger partial charge is 0.392 e. The van der Waals surface area contributed by atoms with E-state index in [0.717, 1.165) is 32.7 Å². The van der Waals surface area contributed by atoms with Crippen molar-refractivity contribution in [2.45, 2.75) is 38.8 Å². The van der Waals surface area contributed by atoms with Crippen molar-refractivity contribution in [1.82, 2.24) is 9.80 Å². The summed E-state index contributed by atoms with van der Waals surface area (Å²) in [7, 11) is 0. The molecule has 2 fully saturated rings. The average Bonchev–Trinajstić information content (AvgIpc) is 3.01. The van der Waals surface area contributed by atoms with E-state index in [1.165, 1.54) is 12.8 Å². The molecule has 1 atom stereocenters. The lowest BCUT2D eigenvalue weighted by molar-refractivity contribution is 0.0535. The van der Waals surface area contributed by atoms with E-state index in [4.69, 9.17) is 0 Å². The highest BCUT2D eigenvalue weighted by atomic mass is 16.3. The van der Waals surface area contributed by atoms with Gasteiger partial charge < -0.3 is 5.11 Å². The van der Waals surface area contributed by atoms with E-state index in [0.29, 0.717) is 12.0 Å². The van der Waals surface area contributed by atoms with Crippen molar-refractivity contribution in [3.63, 3.8) is 0 Å². The molecule has 0 radical (unpaired) electrons. The lowest BCUT2D eigenvalue weighted by Crippen LogP contribution is -2.50. The van der Waals surface area contributed by atoms with Gasteiger partial charge in [0.05, 0.1) is 6.10 Å². The molecule has 0 aromatic carbocycles. The van der Waals surface area contributed by atoms with Gasteiger partial charge in [-0.2, -0.15) is 0 Å². The zero-order valence-corrected chi connectivity index (χ0v) is 10.0. The highest BCUT2D eigenvalue weighted by Gasteiger charge is 2.31. The Bertz CT molecular complexity index is 196. The average molecular weight is 212 g/mol. The maximum Gasteiger partial charge on any atom is 0.0695 e. The second-order valence-electron chi connectivity index (χ2n) is 5.34. The molecule has 2 aliphatic rings. The molecule has 0 spiro atoms. The van der Waals surface area contributed by atoms with Crippen molar-refractivity contribution >= 4 is 0 Å². The van der Waals surface area contributed by atoms with E-state index in [-0.39, 0.29) is 6.10 Å². The third-order valence-electron chi connectivity index (χ3n) is 3.75. The first-order valence-electron chi connectivity index (χ1n) is 6.31. The fraction of sp³-hybridized carbons (Fsp3) is 1.00. The minimum atomic E-state index is -0.0596. The van der Waals surface area contributed by atoms with Crippen LogP contribution in [0.25, 0.3) is 0 Å². The number of aliphatic hydroxyl groups excluding tert-OH is 1. The first-order valence-corrected chi connectivity index (χ1v) is 6.31. The van der Waals surface area contributed by atoms with E-state index >= 15 is 0 Å². The third kappa shape index (κ3) is 3.16. The lowest BCUT2D eigenvalue weighted by atomic mass is 10.2. The number of nitrogens with zero attached hydrogens (tertiary/aromatic N) is 2. The van der Waals surface area contributed by atoms with Crippen molar-refractivity contribution in [3.8, 4) is 0 Å². The summed E-state index contributed by atoms with van der Waals surface area (Å²) in [6.45, 7) is 9.99. The summed E-state index contributed by atoms with van der Waals surface area (Å²) in [5.41, 5.74) is 0. The number of rotatable bonds is 4. The van der Waals surface area contributed by atoms with Crippen LogP contribution in [0.2, 0.25) is 0 Å². The van der Waals surface area contributed by atoms with E-state index in [1.807, 2.05) is 0 Å². The Hall–Kier alpha value is -0.120. The van der Waals surface area contributed by atoms with Gasteiger partial charge in [-0.25, -0.2) is 0 Å². The third-order valence-corrected chi connectivity index (χ3v) is 3.75. The van der Waals surface area contributed by atoms with Gasteiger partial charge in [-0.3, -0.25) is 9.80 Å². The van der Waals surface area contributed by atoms with Crippen LogP contribution in [-0.2, 0) is 0 Å². The molecule has 0 amide bonds. The minimum Gasteiger partial charge on any atom is -0.392 e. The lowest BCUT2D eigenvalue weighted by Gasteiger charge is -2.37. The molecule has 1 unspecified atom stereocenters. The smallest absolute Gasteiger partial charge is 0.0695 e. The molecule has 3 heteroatoms. The molecule has 3 nitrogen and oxygen atoms in total. The quantitative estimate of drug-likeness (QED) is 0.746. The number of hydrogen-bond donors (Lipinski definition) is 1. The number of aliphatic hydroxyl groups is 1. The standard InChI is InChI=1S/C12H24N2O/c1-10(2)14-7-5-13(6-8-14)9-12(15)11-3-4-11/h10-12,15H,3-9H2,1-2H3. The van der Waals surface area contributed by atoms with Gasteiger partial charge in [-0.1, -0.05) is 0 Å². The Kier molecular flexibility index (Phi) is 3.65. The molecule has 15 heavy (non-hydrogen) atoms. The van der Waals surface area contributed by atoms with Gasteiger partial charge in [0.15, 0.2) is 0 Å². The molecule has 0 aromatic heterocycles. The van der Waals surface area contributed by atoms with E-state index in [1.54, 1.807) is 0 Å². The van der Waals surface area contributed by atoms with Crippen LogP contribution in [0.4, 0.5) is 0 Å². The fourth-order valence-electron chi connectivity index (χ4n) is 2.36. The minimum absolute atomic E-state index is 0.0596. The molecule has 1 aliphatic heterocycles. The molecular formula is C12H24N2O. The first-order chi connectivity index (χ1) is 7.16. The highest BCUT2D eigenvalue weighted by molar-refractivity contribution is 4.84. The Morgan fingerprint density at radius 1 is 1.13 bits per heavy atom. The first kappa shape index (κ1) is 11.4. The zero-order chi connectivity index (χ0) is 10.8. The summed E-state index contributed by atoms with van der Waals surface area (Å²) in [5.74, 6) is 0.619. The van der Waals surface area contributed by atoms with Gasteiger partial charge in [0.25, 0.3) is 0 Å². The van der Waals surface area contributed by atoms with Crippen LogP contribution in [0, 0.1) is 5.92 Å². The number of piperazine rings is 1. The fourth-order valence-corrected chi connectivity index (χ4v) is 2.36. The molecule has 1 aliphatic carbocycles. The van der Waals surface area contributed by atoms with Gasteiger partial charge in [0.2, 0.25) is 0 Å². The monoisotopic (exact) mass is 212 g/mol. The maximum absolute atomic E-state index is 9.86. The Morgan fingerprint density at radius 2 is 1.73 bits per heavy atom. The van der Waals surface area contributed by atoms with Crippen LogP contribution < -0.4 is 0 Å². The molecule has 88 valence electrons. The number of hydrogen-bond acceptors (Lipinski definition) is 3. The normalized spacial score (nSPS) is 27.2. The topological polar surface area (TPSA) is 26.7 Å². The predicted octanol–water partition coefficient (Wildman–Crippen LogP) is 0.783. The molecule has 1 heterocycles. The van der Waals surface area contributed by atoms with Crippen LogP contribution in [0.15, 0.2) is 0 Å². The Labute approximate surface area is 93.1 Å². The Balaban J connectivity index is 1.68. The molecule has 1 saturated heterocycles. The second-order valence-corrected chi connectivity index (χ2v) is 5.34. The molecule has 1 N–H and O–H groups in total. The number of β-amino-alcohol motifs (C(OH)–C–C–N with tert-alkyl or cyclic N) is 1. The van der Waals surface area contributed by atoms with Crippen LogP contribution in [-0.4, -0.2) is 59.8 Å². The predicted molar refractivity (Wildman–Crippen MR) is 61.9 cm³/mol. The van der Waals surface area contributed by atoms with Crippen molar-refractivity contribution in [2.75, 3.05) is 32.7 Å². The van der Waals surface area contributed by atoms with Gasteiger partial charge in [-0.05, 0) is 32.6 Å². The molecule has 2 rings (SSSR count). The van der Waals surface area contributed by atoms with Crippen molar-refractivity contribution in [3.05, 3.63) is 0 Å². The molecule has 0 bridgehead atoms. The van der Waals surface area contributed by atoms with E-state index in [2.05, 4.69) is 23.6 Å². The molecule has 0 aromatic rings. The van der Waals surface area contributed by atoms with E-state index in [9.17, 15) is 5.11 Å². The second kappa shape index (κ2) is 4.81. The highest BCUT2D eigenvalue weighted by Crippen LogP contribution is 2.32. The van der Waals surface area contributed by atoms with Crippen LogP contribution in [0.1, 0.15) is 26.7 Å². The summed E-state index contributed by atoms with van der Waals surface area (Å²) in [6.07, 6.45) is 2.43. The summed E-state index contributed by atoms with van der Waals surface area (Å²) >= 11 is 0. The SMILES string of the molecule is CC(C)N1CCN(CC(O)C2CC2)CC1. The summed E-state index contributed by atoms with van der Waals surface area (Å²) < 4.78 is 0. The maximum atomic E-state index is 9.86. The Morgan fingerprint density at radius 3 is 2.20 bits per heavy atom. The van der Waals surface area contributed by atoms with Crippen LogP contribution in [0.3, 0.4) is 0 Å². The summed E-state index contributed by atoms with van der Waals surface area (Å²) in [6, 6.07) is 0.667.